The van der Waals surface area contributed by atoms with Crippen LogP contribution in [0.15, 0.2) is 80.6 Å². The number of sulfonamides is 1. The lowest BCUT2D eigenvalue weighted by Crippen LogP contribution is -2.49. The molecule has 0 bridgehead atoms. The topological polar surface area (TPSA) is 92.0 Å². The minimum absolute atomic E-state index is 0.00374. The fourth-order valence-electron chi connectivity index (χ4n) is 3.92. The molecule has 0 aliphatic carbocycles. The smallest absolute Gasteiger partial charge is 0.416 e. The van der Waals surface area contributed by atoms with Crippen molar-refractivity contribution in [2.24, 2.45) is 4.40 Å². The van der Waals surface area contributed by atoms with E-state index in [1.165, 1.54) is 29.4 Å². The number of benzene rings is 2. The Balaban J connectivity index is 1.89. The summed E-state index contributed by atoms with van der Waals surface area (Å²) in [6.45, 7) is 5.22. The number of fused-ring (bicyclic) bond motifs is 1. The maximum Gasteiger partial charge on any atom is 0.416 e. The fourth-order valence-corrected chi connectivity index (χ4v) is 5.14. The molecule has 0 saturated carbocycles. The fraction of sp³-hybridized carbons (Fsp3) is 0.280. The molecule has 1 aliphatic heterocycles. The van der Waals surface area contributed by atoms with Gasteiger partial charge < -0.3 is 14.6 Å². The standard InChI is InChI=1S/C25H24F3N3O4S/c1-24(2,3)29-23(32)21(16-10-12-17(13-11-16)25(26,27)28)31(15-18-7-6-14-35-18)22-19-8-4-5-9-20(19)36(33,34)30-22/h4-14,21H,15H2,1-3H3,(H,29,32). The van der Waals surface area contributed by atoms with Crippen LogP contribution >= 0.6 is 0 Å². The predicted octanol–water partition coefficient (Wildman–Crippen LogP) is 4.91. The summed E-state index contributed by atoms with van der Waals surface area (Å²) in [4.78, 5) is 15.0. The van der Waals surface area contributed by atoms with Crippen molar-refractivity contribution in [1.82, 2.24) is 10.2 Å². The molecule has 0 saturated heterocycles. The molecule has 2 heterocycles. The van der Waals surface area contributed by atoms with Crippen LogP contribution in [0.5, 0.6) is 0 Å². The number of nitrogens with zero attached hydrogens (tertiary/aromatic N) is 2. The Bertz CT molecular complexity index is 1390. The van der Waals surface area contributed by atoms with Gasteiger partial charge in [0.2, 0.25) is 5.91 Å². The number of rotatable bonds is 5. The molecule has 1 aromatic heterocycles. The first-order valence-electron chi connectivity index (χ1n) is 11.0. The maximum absolute atomic E-state index is 13.6. The van der Waals surface area contributed by atoms with Crippen molar-refractivity contribution in [3.05, 3.63) is 89.4 Å². The number of amidine groups is 1. The second-order valence-electron chi connectivity index (χ2n) is 9.35. The molecule has 36 heavy (non-hydrogen) atoms. The normalized spacial score (nSPS) is 15.7. The summed E-state index contributed by atoms with van der Waals surface area (Å²) in [5.41, 5.74) is -1.05. The van der Waals surface area contributed by atoms with Crippen LogP contribution in [0.2, 0.25) is 0 Å². The van der Waals surface area contributed by atoms with E-state index in [4.69, 9.17) is 4.42 Å². The first-order valence-corrected chi connectivity index (χ1v) is 12.4. The molecule has 11 heteroatoms. The molecule has 0 fully saturated rings. The molecule has 2 aromatic carbocycles. The third kappa shape index (κ3) is 5.30. The van der Waals surface area contributed by atoms with Crippen LogP contribution < -0.4 is 5.32 Å². The number of carbonyl (C=O) groups is 1. The van der Waals surface area contributed by atoms with E-state index in [1.54, 1.807) is 51.1 Å². The molecule has 0 radical (unpaired) electrons. The first-order chi connectivity index (χ1) is 16.8. The summed E-state index contributed by atoms with van der Waals surface area (Å²) >= 11 is 0. The average Bonchev–Trinajstić information content (AvgIpc) is 3.38. The van der Waals surface area contributed by atoms with Crippen LogP contribution in [-0.4, -0.2) is 30.6 Å². The van der Waals surface area contributed by atoms with E-state index in [-0.39, 0.29) is 28.4 Å². The predicted molar refractivity (Wildman–Crippen MR) is 126 cm³/mol. The van der Waals surface area contributed by atoms with E-state index in [2.05, 4.69) is 9.71 Å². The third-order valence-electron chi connectivity index (χ3n) is 5.40. The van der Waals surface area contributed by atoms with Gasteiger partial charge in [0.05, 0.1) is 18.4 Å². The Kier molecular flexibility index (Phi) is 6.46. The minimum atomic E-state index is -4.56. The Morgan fingerprint density at radius 3 is 2.28 bits per heavy atom. The van der Waals surface area contributed by atoms with Gasteiger partial charge in [-0.3, -0.25) is 4.79 Å². The molecule has 1 unspecified atom stereocenters. The van der Waals surface area contributed by atoms with Gasteiger partial charge in [-0.1, -0.05) is 24.3 Å². The lowest BCUT2D eigenvalue weighted by Gasteiger charge is -2.34. The molecule has 7 nitrogen and oxygen atoms in total. The molecule has 190 valence electrons. The summed E-state index contributed by atoms with van der Waals surface area (Å²) in [5.74, 6) is -0.144. The summed E-state index contributed by atoms with van der Waals surface area (Å²) in [6, 6.07) is 12.4. The van der Waals surface area contributed by atoms with Gasteiger partial charge in [0, 0.05) is 11.1 Å². The molecule has 0 spiro atoms. The van der Waals surface area contributed by atoms with Gasteiger partial charge in [0.25, 0.3) is 10.0 Å². The molecule has 4 rings (SSSR count). The maximum atomic E-state index is 13.6. The molecule has 1 aliphatic rings. The quantitative estimate of drug-likeness (QED) is 0.518. The van der Waals surface area contributed by atoms with Crippen molar-refractivity contribution in [3.63, 3.8) is 0 Å². The van der Waals surface area contributed by atoms with Gasteiger partial charge in [0.15, 0.2) is 5.84 Å². The van der Waals surface area contributed by atoms with Crippen LogP contribution in [0.3, 0.4) is 0 Å². The van der Waals surface area contributed by atoms with Crippen molar-refractivity contribution < 1.29 is 30.8 Å². The number of carbonyl (C=O) groups excluding carboxylic acids is 1. The third-order valence-corrected chi connectivity index (χ3v) is 6.73. The lowest BCUT2D eigenvalue weighted by atomic mass is 9.99. The van der Waals surface area contributed by atoms with E-state index in [0.717, 1.165) is 12.1 Å². The number of alkyl halides is 3. The minimum Gasteiger partial charge on any atom is -0.467 e. The summed E-state index contributed by atoms with van der Waals surface area (Å²) in [6.07, 6.45) is -3.13. The molecule has 1 atom stereocenters. The number of halogens is 3. The number of furan rings is 1. The van der Waals surface area contributed by atoms with Crippen LogP contribution in [-0.2, 0) is 27.5 Å². The Morgan fingerprint density at radius 1 is 1.03 bits per heavy atom. The summed E-state index contributed by atoms with van der Waals surface area (Å²) in [7, 11) is -4.05. The molecule has 3 aromatic rings. The zero-order chi connectivity index (χ0) is 26.3. The molecular weight excluding hydrogens is 495 g/mol. The van der Waals surface area contributed by atoms with Gasteiger partial charge in [0.1, 0.15) is 16.7 Å². The lowest BCUT2D eigenvalue weighted by molar-refractivity contribution is -0.137. The van der Waals surface area contributed by atoms with Gasteiger partial charge in [-0.05, 0) is 62.7 Å². The van der Waals surface area contributed by atoms with Crippen molar-refractivity contribution in [2.45, 2.75) is 50.0 Å². The average molecular weight is 520 g/mol. The molecule has 1 amide bonds. The largest absolute Gasteiger partial charge is 0.467 e. The highest BCUT2D eigenvalue weighted by molar-refractivity contribution is 7.90. The Morgan fingerprint density at radius 2 is 1.69 bits per heavy atom. The van der Waals surface area contributed by atoms with E-state index in [0.29, 0.717) is 5.76 Å². The highest BCUT2D eigenvalue weighted by Crippen LogP contribution is 2.35. The van der Waals surface area contributed by atoms with Crippen molar-refractivity contribution in [2.75, 3.05) is 0 Å². The van der Waals surface area contributed by atoms with Crippen molar-refractivity contribution >= 4 is 21.8 Å². The summed E-state index contributed by atoms with van der Waals surface area (Å²) in [5, 5.41) is 2.85. The van der Waals surface area contributed by atoms with Crippen molar-refractivity contribution in [3.8, 4) is 0 Å². The van der Waals surface area contributed by atoms with Crippen LogP contribution in [0.1, 0.15) is 49.3 Å². The number of hydrogen-bond acceptors (Lipinski definition) is 5. The number of nitrogens with one attached hydrogen (secondary N) is 1. The van der Waals surface area contributed by atoms with E-state index in [9.17, 15) is 26.4 Å². The molecular formula is C25H24F3N3O4S. The number of amides is 1. The second-order valence-corrected chi connectivity index (χ2v) is 10.9. The zero-order valence-corrected chi connectivity index (χ0v) is 20.5. The monoisotopic (exact) mass is 519 g/mol. The first kappa shape index (κ1) is 25.5. The van der Waals surface area contributed by atoms with E-state index < -0.39 is 39.3 Å². The van der Waals surface area contributed by atoms with Crippen LogP contribution in [0.25, 0.3) is 0 Å². The zero-order valence-electron chi connectivity index (χ0n) is 19.7. The SMILES string of the molecule is CC(C)(C)NC(=O)C(c1ccc(C(F)(F)F)cc1)N(Cc1ccco1)C1=NS(=O)(=O)c2ccccc21. The van der Waals surface area contributed by atoms with E-state index >= 15 is 0 Å². The van der Waals surface area contributed by atoms with Gasteiger partial charge in [-0.2, -0.15) is 21.6 Å². The van der Waals surface area contributed by atoms with Gasteiger partial charge in [-0.25, -0.2) is 0 Å². The van der Waals surface area contributed by atoms with Crippen molar-refractivity contribution in [1.29, 1.82) is 0 Å². The highest BCUT2D eigenvalue weighted by atomic mass is 32.2. The van der Waals surface area contributed by atoms with Gasteiger partial charge in [-0.15, -0.1) is 4.40 Å². The number of hydrogen-bond donors (Lipinski definition) is 1. The summed E-state index contributed by atoms with van der Waals surface area (Å²) < 4.78 is 74.7. The second kappa shape index (κ2) is 9.12. The van der Waals surface area contributed by atoms with Gasteiger partial charge >= 0.3 is 6.18 Å². The van der Waals surface area contributed by atoms with Crippen LogP contribution in [0.4, 0.5) is 13.2 Å². The Hall–Kier alpha value is -3.60. The van der Waals surface area contributed by atoms with Crippen LogP contribution in [0, 0.1) is 0 Å². The highest BCUT2D eigenvalue weighted by Gasteiger charge is 2.39. The molecule has 1 N–H and O–H groups in total. The Labute approximate surface area is 206 Å². The van der Waals surface area contributed by atoms with E-state index in [1.807, 2.05) is 0 Å².